The number of hydrogen-bond donors (Lipinski definition) is 2. The van der Waals surface area contributed by atoms with Gasteiger partial charge >= 0.3 is 7.82 Å². The second-order valence-electron chi connectivity index (χ2n) is 2.24. The number of hydrogen-bond acceptors (Lipinski definition) is 5. The van der Waals surface area contributed by atoms with Crippen molar-refractivity contribution in [1.82, 2.24) is 0 Å². The van der Waals surface area contributed by atoms with Crippen LogP contribution in [-0.2, 0) is 18.4 Å². The number of phosphoric ester groups is 1. The Morgan fingerprint density at radius 2 is 1.57 bits per heavy atom. The van der Waals surface area contributed by atoms with Gasteiger partial charge in [0, 0.05) is 0 Å². The molecule has 0 radical (unpaired) electrons. The maximum atomic E-state index is 10.8. The molecule has 0 bridgehead atoms. The molecule has 0 amide bonds. The molecular weight excluding hydrogens is 209 g/mol. The van der Waals surface area contributed by atoms with Crippen molar-refractivity contribution in [3.8, 4) is 0 Å². The zero-order chi connectivity index (χ0) is 11.4. The fourth-order valence-corrected chi connectivity index (χ4v) is 1.35. The van der Waals surface area contributed by atoms with Gasteiger partial charge in [-0.05, 0) is 12.8 Å². The molecule has 0 unspecified atom stereocenters. The molecule has 0 aromatic carbocycles. The molecule has 2 N–H and O–H groups in total. The summed E-state index contributed by atoms with van der Waals surface area (Å²) in [6.45, 7) is 4.24. The van der Waals surface area contributed by atoms with Crippen LogP contribution in [0.2, 0.25) is 0 Å². The maximum absolute atomic E-state index is 10.8. The van der Waals surface area contributed by atoms with Crippen LogP contribution in [0.5, 0.6) is 0 Å². The molecule has 0 aliphatic carbocycles. The van der Waals surface area contributed by atoms with Gasteiger partial charge in [0.15, 0.2) is 0 Å². The molecule has 0 saturated carbocycles. The first-order chi connectivity index (χ1) is 6.54. The Labute approximate surface area is 83.4 Å². The first-order valence-corrected chi connectivity index (χ1v) is 5.69. The van der Waals surface area contributed by atoms with E-state index in [4.69, 9.17) is 15.1 Å². The predicted molar refractivity (Wildman–Crippen MR) is 50.7 cm³/mol. The van der Waals surface area contributed by atoms with E-state index in [-0.39, 0.29) is 13.2 Å². The third-order valence-corrected chi connectivity index (χ3v) is 1.93. The van der Waals surface area contributed by atoms with Crippen LogP contribution in [0.15, 0.2) is 0 Å². The van der Waals surface area contributed by atoms with E-state index in [2.05, 4.69) is 9.05 Å². The molecule has 0 aromatic heterocycles. The van der Waals surface area contributed by atoms with Gasteiger partial charge in [0.2, 0.25) is 6.08 Å². The average Bonchev–Trinajstić information content (AvgIpc) is 2.13. The van der Waals surface area contributed by atoms with Crippen molar-refractivity contribution in [2.75, 3.05) is 13.2 Å². The summed E-state index contributed by atoms with van der Waals surface area (Å²) in [6, 6.07) is 0. The van der Waals surface area contributed by atoms with Crippen LogP contribution in [0.25, 0.3) is 0 Å². The minimum atomic E-state index is -3.73. The van der Waals surface area contributed by atoms with E-state index in [0.29, 0.717) is 12.8 Å². The maximum Gasteiger partial charge on any atom is 0.472 e. The smallest absolute Gasteiger partial charge is 0.302 e. The van der Waals surface area contributed by atoms with Gasteiger partial charge in [-0.1, -0.05) is 13.8 Å². The molecule has 6 nitrogen and oxygen atoms in total. The summed E-state index contributed by atoms with van der Waals surface area (Å²) >= 11 is 0. The fraction of sp³-hybridized carbons (Fsp3) is 0.857. The zero-order valence-corrected chi connectivity index (χ0v) is 9.25. The van der Waals surface area contributed by atoms with E-state index in [0.717, 1.165) is 6.08 Å². The van der Waals surface area contributed by atoms with Crippen LogP contribution in [0.3, 0.4) is 0 Å². The second-order valence-corrected chi connectivity index (χ2v) is 3.69. The van der Waals surface area contributed by atoms with E-state index in [9.17, 15) is 4.57 Å². The van der Waals surface area contributed by atoms with Gasteiger partial charge < -0.3 is 4.89 Å². The van der Waals surface area contributed by atoms with E-state index in [1.165, 1.54) is 0 Å². The summed E-state index contributed by atoms with van der Waals surface area (Å²) in [7, 11) is -3.73. The third kappa shape index (κ3) is 14.0. The van der Waals surface area contributed by atoms with Crippen LogP contribution in [0.1, 0.15) is 26.7 Å². The van der Waals surface area contributed by atoms with Crippen molar-refractivity contribution < 1.29 is 23.3 Å². The lowest BCUT2D eigenvalue weighted by Gasteiger charge is -2.09. The second kappa shape index (κ2) is 10.6. The van der Waals surface area contributed by atoms with E-state index < -0.39 is 7.82 Å². The zero-order valence-electron chi connectivity index (χ0n) is 8.36. The Balaban J connectivity index is 0. The molecule has 0 saturated heterocycles. The van der Waals surface area contributed by atoms with Gasteiger partial charge in [0.1, 0.15) is 0 Å². The first-order valence-electron chi connectivity index (χ1n) is 4.19. The van der Waals surface area contributed by atoms with Crippen molar-refractivity contribution in [3.05, 3.63) is 0 Å². The van der Waals surface area contributed by atoms with Crippen molar-refractivity contribution in [3.63, 3.8) is 0 Å². The highest BCUT2D eigenvalue weighted by Gasteiger charge is 2.18. The minimum Gasteiger partial charge on any atom is -0.302 e. The van der Waals surface area contributed by atoms with Crippen LogP contribution in [0.4, 0.5) is 0 Å². The molecule has 14 heavy (non-hydrogen) atoms. The lowest BCUT2D eigenvalue weighted by atomic mass is 10.5. The number of nitrogens with one attached hydrogen (secondary N) is 1. The molecule has 7 heteroatoms. The van der Waals surface area contributed by atoms with Crippen LogP contribution < -0.4 is 0 Å². The molecular formula is C7H16NO5P. The highest BCUT2D eigenvalue weighted by atomic mass is 31.2. The average molecular weight is 225 g/mol. The molecule has 0 aromatic rings. The lowest BCUT2D eigenvalue weighted by Crippen LogP contribution is -1.96. The Kier molecular flexibility index (Phi) is 12.0. The number of isocyanates is 1. The lowest BCUT2D eigenvalue weighted by molar-refractivity contribution is 0.150. The van der Waals surface area contributed by atoms with Crippen molar-refractivity contribution >= 4 is 13.9 Å². The van der Waals surface area contributed by atoms with E-state index in [1.807, 2.05) is 13.8 Å². The monoisotopic (exact) mass is 225 g/mol. The normalized spacial score (nSPS) is 9.93. The van der Waals surface area contributed by atoms with Gasteiger partial charge in [-0.25, -0.2) is 14.8 Å². The number of carbonyl (C=O) groups excluding carboxylic acids is 1. The molecule has 0 spiro atoms. The Morgan fingerprint density at radius 3 is 1.79 bits per heavy atom. The van der Waals surface area contributed by atoms with Gasteiger partial charge in [0.25, 0.3) is 0 Å². The summed E-state index contributed by atoms with van der Waals surface area (Å²) in [4.78, 5) is 17.2. The van der Waals surface area contributed by atoms with Crippen LogP contribution >= 0.6 is 7.82 Å². The minimum absolute atomic E-state index is 0.261. The van der Waals surface area contributed by atoms with Gasteiger partial charge in [-0.3, -0.25) is 9.05 Å². The molecule has 84 valence electrons. The quantitative estimate of drug-likeness (QED) is 0.408. The SMILES string of the molecule is CCCOP(=O)(O)OCCC.N=C=O. The van der Waals surface area contributed by atoms with Crippen LogP contribution in [-0.4, -0.2) is 24.2 Å². The van der Waals surface area contributed by atoms with Gasteiger partial charge in [-0.2, -0.15) is 0 Å². The number of phosphoric acid groups is 1. The summed E-state index contributed by atoms with van der Waals surface area (Å²) in [5.74, 6) is 0. The molecule has 0 aliphatic rings. The Morgan fingerprint density at radius 1 is 1.29 bits per heavy atom. The highest BCUT2D eigenvalue weighted by Crippen LogP contribution is 2.43. The molecule has 0 fully saturated rings. The molecule has 0 rings (SSSR count). The fourth-order valence-electron chi connectivity index (χ4n) is 0.451. The summed E-state index contributed by atoms with van der Waals surface area (Å²) in [6.07, 6.45) is 2.17. The third-order valence-electron chi connectivity index (χ3n) is 0.917. The Hall–Kier alpha value is -0.510. The van der Waals surface area contributed by atoms with Crippen LogP contribution in [0, 0.1) is 5.41 Å². The van der Waals surface area contributed by atoms with Gasteiger partial charge in [-0.15, -0.1) is 0 Å². The standard InChI is InChI=1S/C6H15O4P.CHNO/c1-3-5-9-11(7,8)10-6-4-2;2-1-3/h3-6H2,1-2H3,(H,7,8);2H. The molecule has 0 heterocycles. The van der Waals surface area contributed by atoms with Gasteiger partial charge in [0.05, 0.1) is 13.2 Å². The van der Waals surface area contributed by atoms with E-state index >= 15 is 0 Å². The Bertz CT molecular complexity index is 190. The van der Waals surface area contributed by atoms with Crippen molar-refractivity contribution in [2.45, 2.75) is 26.7 Å². The van der Waals surface area contributed by atoms with Crippen molar-refractivity contribution in [1.29, 1.82) is 5.41 Å². The highest BCUT2D eigenvalue weighted by molar-refractivity contribution is 7.47. The summed E-state index contributed by atoms with van der Waals surface area (Å²) in [5.41, 5.74) is 0. The molecule has 0 aliphatic heterocycles. The summed E-state index contributed by atoms with van der Waals surface area (Å²) < 4.78 is 20.0. The topological polar surface area (TPSA) is 96.7 Å². The summed E-state index contributed by atoms with van der Waals surface area (Å²) in [5, 5.41) is 5.40. The first kappa shape index (κ1) is 15.9. The predicted octanol–water partition coefficient (Wildman–Crippen LogP) is 1.84. The van der Waals surface area contributed by atoms with Crippen molar-refractivity contribution in [2.24, 2.45) is 0 Å². The number of rotatable bonds is 6. The molecule has 0 atom stereocenters. The van der Waals surface area contributed by atoms with E-state index in [1.54, 1.807) is 0 Å². The largest absolute Gasteiger partial charge is 0.472 e.